The molecule has 0 aromatic heterocycles. The molecular weight excluding hydrogens is 92.1 g/mol. The zero-order chi connectivity index (χ0) is 11.4. The minimum atomic E-state index is -2.40. The highest BCUT2D eigenvalue weighted by atomic mass is 32.2. The van der Waals surface area contributed by atoms with E-state index in [2.05, 4.69) is 0 Å². The van der Waals surface area contributed by atoms with E-state index in [1.54, 1.807) is 0 Å². The first kappa shape index (κ1) is 0.883. The quantitative estimate of drug-likeness (QED) is 0.459. The van der Waals surface area contributed by atoms with Crippen LogP contribution in [-0.4, -0.2) is 11.4 Å². The van der Waals surface area contributed by atoms with Gasteiger partial charge in [-0.15, -0.1) is 0 Å². The molecule has 1 aliphatic heterocycles. The highest BCUT2D eigenvalue weighted by Crippen LogP contribution is 2.14. The van der Waals surface area contributed by atoms with Crippen molar-refractivity contribution in [2.45, 2.75) is 19.2 Å². The lowest BCUT2D eigenvalue weighted by molar-refractivity contribution is 0.764. The molecule has 0 saturated carbocycles. The van der Waals surface area contributed by atoms with Crippen molar-refractivity contribution in [3.8, 4) is 0 Å². The topological polar surface area (TPSA) is 0 Å². The fourth-order valence-electron chi connectivity index (χ4n) is 0.214. The predicted molar refractivity (Wildman–Crippen MR) is 31.2 cm³/mol. The number of rotatable bonds is 0. The van der Waals surface area contributed by atoms with Gasteiger partial charge in [0.2, 0.25) is 0 Å². The van der Waals surface area contributed by atoms with Gasteiger partial charge in [-0.1, -0.05) is 6.42 Å². The smallest absolute Gasteiger partial charge is 0.0380 e. The highest BCUT2D eigenvalue weighted by molar-refractivity contribution is 7.99. The zero-order valence-electron chi connectivity index (χ0n) is 11.1. The van der Waals surface area contributed by atoms with Crippen molar-refractivity contribution in [2.75, 3.05) is 11.4 Å². The van der Waals surface area contributed by atoms with Crippen LogP contribution in [0.1, 0.15) is 30.1 Å². The van der Waals surface area contributed by atoms with E-state index in [1.807, 2.05) is 0 Å². The Morgan fingerprint density at radius 2 is 2.00 bits per heavy atom. The summed E-state index contributed by atoms with van der Waals surface area (Å²) >= 11 is 0.0764. The van der Waals surface area contributed by atoms with Gasteiger partial charge >= 0.3 is 0 Å². The third-order valence-electron chi connectivity index (χ3n) is 0.423. The molecule has 0 bridgehead atoms. The number of thioether (sulfide) groups is 1. The Bertz CT molecular complexity index is 196. The summed E-state index contributed by atoms with van der Waals surface area (Å²) in [5, 5.41) is 0. The monoisotopic (exact) mass is 110 g/mol. The minimum Gasteiger partial charge on any atom is -0.162 e. The first-order chi connectivity index (χ1) is 5.91. The summed E-state index contributed by atoms with van der Waals surface area (Å²) in [5.74, 6) is 0. The average molecular weight is 110 g/mol. The summed E-state index contributed by atoms with van der Waals surface area (Å²) in [6.45, 7) is 0. The first-order valence-corrected chi connectivity index (χ1v) is 2.43. The highest BCUT2D eigenvalue weighted by Gasteiger charge is 1.95. The Morgan fingerprint density at radius 3 is 2.50 bits per heavy atom. The summed E-state index contributed by atoms with van der Waals surface area (Å²) in [7, 11) is 0. The lowest BCUT2D eigenvalue weighted by Gasteiger charge is -2.05. The second kappa shape index (κ2) is 2.51. The summed E-state index contributed by atoms with van der Waals surface area (Å²) < 4.78 is 58.5. The first-order valence-electron chi connectivity index (χ1n) is 5.62. The van der Waals surface area contributed by atoms with Crippen molar-refractivity contribution >= 4 is 11.8 Å². The molecule has 0 atom stereocenters. The Kier molecular flexibility index (Phi) is 0.369. The van der Waals surface area contributed by atoms with Crippen molar-refractivity contribution in [3.63, 3.8) is 0 Å². The molecule has 36 valence electrons. The second-order valence-corrected chi connectivity index (χ2v) is 1.45. The lowest BCUT2D eigenvalue weighted by Crippen LogP contribution is -1.91. The van der Waals surface area contributed by atoms with Crippen LogP contribution >= 0.6 is 11.8 Å². The Morgan fingerprint density at radius 1 is 1.33 bits per heavy atom. The van der Waals surface area contributed by atoms with Gasteiger partial charge in [0.25, 0.3) is 0 Å². The SMILES string of the molecule is [2H]C1([2H])CC([2H])([2H])C([2H])([2H])SC1([2H])[2H]. The van der Waals surface area contributed by atoms with E-state index in [4.69, 9.17) is 11.0 Å². The molecule has 6 heavy (non-hydrogen) atoms. The molecule has 1 heteroatoms. The Hall–Kier alpha value is 0.350. The van der Waals surface area contributed by atoms with E-state index in [-0.39, 0.29) is 11.8 Å². The van der Waals surface area contributed by atoms with Crippen LogP contribution in [0.5, 0.6) is 0 Å². The van der Waals surface area contributed by atoms with Crippen LogP contribution < -0.4 is 0 Å². The van der Waals surface area contributed by atoms with Crippen LogP contribution in [0.3, 0.4) is 0 Å². The summed E-state index contributed by atoms with van der Waals surface area (Å²) in [4.78, 5) is 0. The van der Waals surface area contributed by atoms with Crippen molar-refractivity contribution in [1.29, 1.82) is 0 Å². The molecule has 1 saturated heterocycles. The molecule has 0 radical (unpaired) electrons. The van der Waals surface area contributed by atoms with E-state index in [1.165, 1.54) is 0 Å². The van der Waals surface area contributed by atoms with Crippen LogP contribution in [0.2, 0.25) is 0 Å². The largest absolute Gasteiger partial charge is 0.162 e. The Balaban J connectivity index is 3.07. The maximum atomic E-state index is 7.33. The van der Waals surface area contributed by atoms with Crippen molar-refractivity contribution in [2.24, 2.45) is 0 Å². The van der Waals surface area contributed by atoms with Crippen molar-refractivity contribution < 1.29 is 11.0 Å². The van der Waals surface area contributed by atoms with E-state index < -0.39 is 30.6 Å². The van der Waals surface area contributed by atoms with E-state index in [0.717, 1.165) is 0 Å². The van der Waals surface area contributed by atoms with Gasteiger partial charge in [-0.25, -0.2) is 0 Å². The van der Waals surface area contributed by atoms with E-state index in [9.17, 15) is 0 Å². The van der Waals surface area contributed by atoms with Crippen LogP contribution in [0.15, 0.2) is 0 Å². The second-order valence-electron chi connectivity index (χ2n) is 0.837. The van der Waals surface area contributed by atoms with Gasteiger partial charge in [-0.05, 0) is 24.2 Å². The molecule has 1 fully saturated rings. The number of hydrogen-bond donors (Lipinski definition) is 0. The van der Waals surface area contributed by atoms with Gasteiger partial charge in [0.15, 0.2) is 0 Å². The Labute approximate surface area is 54.6 Å². The molecule has 1 rings (SSSR count). The van der Waals surface area contributed by atoms with Gasteiger partial charge < -0.3 is 0 Å². The van der Waals surface area contributed by atoms with E-state index >= 15 is 0 Å². The molecule has 0 amide bonds. The van der Waals surface area contributed by atoms with Crippen molar-refractivity contribution in [3.05, 3.63) is 0 Å². The standard InChI is InChI=1S/C5H10S/c1-2-4-6-5-3-1/h1-5H2/i2D2,3D2,4D2,5D2. The number of hydrogen-bond acceptors (Lipinski definition) is 1. The summed E-state index contributed by atoms with van der Waals surface area (Å²) in [6.07, 6.45) is -5.48. The van der Waals surface area contributed by atoms with Crippen LogP contribution in [0, 0.1) is 0 Å². The molecule has 1 heterocycles. The molecule has 0 aromatic carbocycles. The van der Waals surface area contributed by atoms with Crippen LogP contribution in [0.4, 0.5) is 0 Å². The molecule has 0 aromatic rings. The zero-order valence-corrected chi connectivity index (χ0v) is 3.93. The van der Waals surface area contributed by atoms with Gasteiger partial charge in [0, 0.05) is 11.0 Å². The van der Waals surface area contributed by atoms with Gasteiger partial charge in [0.05, 0.1) is 0 Å². The molecule has 0 N–H and O–H groups in total. The molecule has 0 unspecified atom stereocenters. The third-order valence-corrected chi connectivity index (χ3v) is 0.916. The molecule has 0 aliphatic carbocycles. The molecule has 1 aliphatic rings. The van der Waals surface area contributed by atoms with Crippen LogP contribution in [0.25, 0.3) is 0 Å². The summed E-state index contributed by atoms with van der Waals surface area (Å²) in [6, 6.07) is 0. The third kappa shape index (κ3) is 1.21. The van der Waals surface area contributed by atoms with Crippen LogP contribution in [-0.2, 0) is 0 Å². The fourth-order valence-corrected chi connectivity index (χ4v) is 0.554. The predicted octanol–water partition coefficient (Wildman–Crippen LogP) is 1.90. The molecule has 0 nitrogen and oxygen atoms in total. The lowest BCUT2D eigenvalue weighted by atomic mass is 10.3. The minimum absolute atomic E-state index is 0.0764. The van der Waals surface area contributed by atoms with Crippen molar-refractivity contribution in [1.82, 2.24) is 0 Å². The molecular formula is C5H10S. The average Bonchev–Trinajstić information content (AvgIpc) is 1.78. The van der Waals surface area contributed by atoms with Gasteiger partial charge in [-0.2, -0.15) is 11.8 Å². The summed E-state index contributed by atoms with van der Waals surface area (Å²) in [5.41, 5.74) is -4.80. The van der Waals surface area contributed by atoms with Gasteiger partial charge in [-0.3, -0.25) is 0 Å². The maximum absolute atomic E-state index is 7.33. The fraction of sp³-hybridized carbons (Fsp3) is 1.00. The maximum Gasteiger partial charge on any atom is 0.0380 e. The molecule has 0 spiro atoms. The normalized spacial score (nSPS) is 77.3. The van der Waals surface area contributed by atoms with Gasteiger partial charge in [0.1, 0.15) is 0 Å². The van der Waals surface area contributed by atoms with E-state index in [0.29, 0.717) is 0 Å².